The fourth-order valence-electron chi connectivity index (χ4n) is 3.50. The molecule has 0 unspecified atom stereocenters. The number of carbonyl (C=O) groups excluding carboxylic acids is 2. The third-order valence-electron chi connectivity index (χ3n) is 5.13. The first-order valence-corrected chi connectivity index (χ1v) is 10.2. The van der Waals surface area contributed by atoms with E-state index < -0.39 is 5.91 Å². The van der Waals surface area contributed by atoms with Crippen molar-refractivity contribution in [1.82, 2.24) is 29.4 Å². The van der Waals surface area contributed by atoms with Crippen molar-refractivity contribution < 1.29 is 9.59 Å². The van der Waals surface area contributed by atoms with Gasteiger partial charge >= 0.3 is 0 Å². The second-order valence-electron chi connectivity index (χ2n) is 7.54. The standard InChI is InChI=1S/C24H19N7O2/c1-15-5-3-8-23(27-15)31-21(18-9-10-22-25-14-26-30(22)13-18)12-20(29-31)24(33)28-19-7-4-6-17(11-19)16(2)32/h3-14H,1-2H3,(H,28,33). The second kappa shape index (κ2) is 8.12. The van der Waals surface area contributed by atoms with E-state index in [-0.39, 0.29) is 11.5 Å². The lowest BCUT2D eigenvalue weighted by molar-refractivity contribution is 0.100. The minimum absolute atomic E-state index is 0.0771. The number of nitrogens with one attached hydrogen (secondary N) is 1. The molecule has 1 aromatic carbocycles. The zero-order valence-corrected chi connectivity index (χ0v) is 17.9. The minimum Gasteiger partial charge on any atom is -0.321 e. The van der Waals surface area contributed by atoms with Crippen molar-refractivity contribution >= 4 is 23.0 Å². The Hall–Kier alpha value is -4.66. The minimum atomic E-state index is -0.398. The number of fused-ring (bicyclic) bond motifs is 1. The molecule has 5 aromatic rings. The maximum Gasteiger partial charge on any atom is 0.276 e. The number of Topliss-reactive ketones (excluding diaryl/α,β-unsaturated/α-hetero) is 1. The van der Waals surface area contributed by atoms with Crippen LogP contribution in [0.4, 0.5) is 5.69 Å². The van der Waals surface area contributed by atoms with Gasteiger partial charge in [0.2, 0.25) is 0 Å². The average molecular weight is 437 g/mol. The molecule has 0 saturated heterocycles. The van der Waals surface area contributed by atoms with E-state index >= 15 is 0 Å². The Balaban J connectivity index is 1.57. The molecule has 9 heteroatoms. The van der Waals surface area contributed by atoms with E-state index in [1.165, 1.54) is 13.3 Å². The maximum absolute atomic E-state index is 13.0. The molecule has 0 aliphatic carbocycles. The molecule has 0 saturated carbocycles. The van der Waals surface area contributed by atoms with Gasteiger partial charge in [-0.3, -0.25) is 9.59 Å². The maximum atomic E-state index is 13.0. The number of hydrogen-bond acceptors (Lipinski definition) is 6. The van der Waals surface area contributed by atoms with Gasteiger partial charge in [0.05, 0.1) is 5.69 Å². The lowest BCUT2D eigenvalue weighted by Crippen LogP contribution is -2.13. The molecular weight excluding hydrogens is 418 g/mol. The molecule has 33 heavy (non-hydrogen) atoms. The number of pyridine rings is 2. The van der Waals surface area contributed by atoms with Crippen molar-refractivity contribution in [2.45, 2.75) is 13.8 Å². The Kier molecular flexibility index (Phi) is 4.98. The van der Waals surface area contributed by atoms with E-state index in [9.17, 15) is 9.59 Å². The Bertz CT molecular complexity index is 1520. The molecule has 0 aliphatic rings. The average Bonchev–Trinajstić information content (AvgIpc) is 3.46. The molecule has 4 heterocycles. The van der Waals surface area contributed by atoms with Gasteiger partial charge in [0.1, 0.15) is 6.33 Å². The summed E-state index contributed by atoms with van der Waals surface area (Å²) in [6.45, 7) is 3.37. The molecular formula is C24H19N7O2. The van der Waals surface area contributed by atoms with Crippen molar-refractivity contribution in [3.05, 3.63) is 90.1 Å². The number of carbonyl (C=O) groups is 2. The van der Waals surface area contributed by atoms with Gasteiger partial charge in [-0.05, 0) is 56.3 Å². The molecule has 0 fully saturated rings. The van der Waals surface area contributed by atoms with Crippen LogP contribution in [0.1, 0.15) is 33.5 Å². The van der Waals surface area contributed by atoms with Crippen LogP contribution in [0.5, 0.6) is 0 Å². The Labute approximate surface area is 188 Å². The summed E-state index contributed by atoms with van der Waals surface area (Å²) < 4.78 is 3.29. The molecule has 0 bridgehead atoms. The summed E-state index contributed by atoms with van der Waals surface area (Å²) in [5, 5.41) is 11.6. The molecule has 162 valence electrons. The zero-order valence-electron chi connectivity index (χ0n) is 17.9. The van der Waals surface area contributed by atoms with E-state index in [0.29, 0.717) is 28.4 Å². The number of hydrogen-bond donors (Lipinski definition) is 1. The molecule has 0 spiro atoms. The monoisotopic (exact) mass is 437 g/mol. The van der Waals surface area contributed by atoms with Gasteiger partial charge in [-0.2, -0.15) is 10.2 Å². The van der Waals surface area contributed by atoms with Gasteiger partial charge in [0, 0.05) is 28.7 Å². The first-order chi connectivity index (χ1) is 16.0. The van der Waals surface area contributed by atoms with Crippen LogP contribution >= 0.6 is 0 Å². The van der Waals surface area contributed by atoms with Crippen LogP contribution in [-0.4, -0.2) is 41.1 Å². The first-order valence-electron chi connectivity index (χ1n) is 10.2. The van der Waals surface area contributed by atoms with Gasteiger partial charge in [-0.25, -0.2) is 19.2 Å². The highest BCUT2D eigenvalue weighted by Crippen LogP contribution is 2.24. The Morgan fingerprint density at radius 2 is 1.85 bits per heavy atom. The zero-order chi connectivity index (χ0) is 22.9. The van der Waals surface area contributed by atoms with Crippen LogP contribution in [0.2, 0.25) is 0 Å². The summed E-state index contributed by atoms with van der Waals surface area (Å²) in [4.78, 5) is 33.5. The van der Waals surface area contributed by atoms with Crippen LogP contribution in [0.15, 0.2) is 73.2 Å². The van der Waals surface area contributed by atoms with Gasteiger partial charge < -0.3 is 5.32 Å². The fourth-order valence-corrected chi connectivity index (χ4v) is 3.50. The number of benzene rings is 1. The quantitative estimate of drug-likeness (QED) is 0.420. The molecule has 4 aromatic heterocycles. The summed E-state index contributed by atoms with van der Waals surface area (Å²) in [7, 11) is 0. The van der Waals surface area contributed by atoms with Crippen LogP contribution in [-0.2, 0) is 0 Å². The summed E-state index contributed by atoms with van der Waals surface area (Å²) >= 11 is 0. The number of anilines is 1. The predicted octanol–water partition coefficient (Wildman–Crippen LogP) is 3.74. The van der Waals surface area contributed by atoms with Crippen molar-refractivity contribution in [2.24, 2.45) is 0 Å². The van der Waals surface area contributed by atoms with Crippen LogP contribution in [0.25, 0.3) is 22.7 Å². The molecule has 0 atom stereocenters. The third-order valence-corrected chi connectivity index (χ3v) is 5.13. The lowest BCUT2D eigenvalue weighted by atomic mass is 10.1. The van der Waals surface area contributed by atoms with Crippen molar-refractivity contribution in [1.29, 1.82) is 0 Å². The molecule has 1 amide bonds. The van der Waals surface area contributed by atoms with Gasteiger partial charge in [-0.15, -0.1) is 0 Å². The van der Waals surface area contributed by atoms with Crippen molar-refractivity contribution in [2.75, 3.05) is 5.32 Å². The summed E-state index contributed by atoms with van der Waals surface area (Å²) in [5.41, 5.74) is 4.25. The molecule has 9 nitrogen and oxygen atoms in total. The van der Waals surface area contributed by atoms with E-state index in [4.69, 9.17) is 0 Å². The molecule has 0 aliphatic heterocycles. The summed E-state index contributed by atoms with van der Waals surface area (Å²) in [6, 6.07) is 17.8. The third kappa shape index (κ3) is 3.99. The fraction of sp³-hybridized carbons (Fsp3) is 0.0833. The first kappa shape index (κ1) is 20.3. The highest BCUT2D eigenvalue weighted by Gasteiger charge is 2.18. The Morgan fingerprint density at radius 1 is 1.00 bits per heavy atom. The smallest absolute Gasteiger partial charge is 0.276 e. The van der Waals surface area contributed by atoms with Crippen molar-refractivity contribution in [3.63, 3.8) is 0 Å². The normalized spacial score (nSPS) is 11.0. The highest BCUT2D eigenvalue weighted by atomic mass is 16.2. The second-order valence-corrected chi connectivity index (χ2v) is 7.54. The predicted molar refractivity (Wildman–Crippen MR) is 122 cm³/mol. The Morgan fingerprint density at radius 3 is 2.67 bits per heavy atom. The lowest BCUT2D eigenvalue weighted by Gasteiger charge is -2.07. The highest BCUT2D eigenvalue weighted by molar-refractivity contribution is 6.04. The number of amides is 1. The van der Waals surface area contributed by atoms with E-state index in [1.807, 2.05) is 43.5 Å². The number of aromatic nitrogens is 6. The number of rotatable bonds is 5. The van der Waals surface area contributed by atoms with Crippen molar-refractivity contribution in [3.8, 4) is 17.1 Å². The van der Waals surface area contributed by atoms with Gasteiger partial charge in [-0.1, -0.05) is 18.2 Å². The number of aryl methyl sites for hydroxylation is 1. The van der Waals surface area contributed by atoms with Crippen LogP contribution in [0, 0.1) is 6.92 Å². The SMILES string of the molecule is CC(=O)c1cccc(NC(=O)c2cc(-c3ccc4ncnn4c3)n(-c3cccc(C)n3)n2)c1. The number of nitrogens with zero attached hydrogens (tertiary/aromatic N) is 6. The van der Waals surface area contributed by atoms with Crippen LogP contribution < -0.4 is 5.32 Å². The molecule has 5 rings (SSSR count). The largest absolute Gasteiger partial charge is 0.321 e. The molecule has 0 radical (unpaired) electrons. The number of ketones is 1. The van der Waals surface area contributed by atoms with E-state index in [2.05, 4.69) is 25.5 Å². The van der Waals surface area contributed by atoms with E-state index in [0.717, 1.165) is 11.3 Å². The topological polar surface area (TPSA) is 107 Å². The van der Waals surface area contributed by atoms with E-state index in [1.54, 1.807) is 39.5 Å². The molecule has 1 N–H and O–H groups in total. The van der Waals surface area contributed by atoms with Gasteiger partial charge in [0.25, 0.3) is 5.91 Å². The summed E-state index contributed by atoms with van der Waals surface area (Å²) in [5.74, 6) is 0.109. The summed E-state index contributed by atoms with van der Waals surface area (Å²) in [6.07, 6.45) is 3.30. The van der Waals surface area contributed by atoms with Crippen LogP contribution in [0.3, 0.4) is 0 Å². The van der Waals surface area contributed by atoms with Gasteiger partial charge in [0.15, 0.2) is 22.9 Å².